The topological polar surface area (TPSA) is 111 Å². The number of benzene rings is 1. The van der Waals surface area contributed by atoms with E-state index in [0.29, 0.717) is 12.1 Å². The Labute approximate surface area is 226 Å². The minimum Gasteiger partial charge on any atom is -0.390 e. The van der Waals surface area contributed by atoms with E-state index in [1.165, 1.54) is 22.1 Å². The number of rotatable bonds is 9. The number of β-amino-alcohol motifs (C(OH)–C–C–N with tert-alkyl or cyclic N) is 1. The zero-order valence-electron chi connectivity index (χ0n) is 21.8. The fourth-order valence-electron chi connectivity index (χ4n) is 5.21. The molecule has 0 radical (unpaired) electrons. The molecule has 2 aliphatic heterocycles. The number of piperidine rings is 1. The Morgan fingerprint density at radius 2 is 1.92 bits per heavy atom. The van der Waals surface area contributed by atoms with Crippen LogP contribution in [0.15, 0.2) is 48.8 Å². The van der Waals surface area contributed by atoms with Crippen molar-refractivity contribution < 1.29 is 23.5 Å². The average molecular weight is 541 g/mol. The molecule has 11 heteroatoms. The molecule has 1 saturated carbocycles. The van der Waals surface area contributed by atoms with Gasteiger partial charge in [-0.3, -0.25) is 14.5 Å². The van der Waals surface area contributed by atoms with Crippen molar-refractivity contribution in [3.05, 3.63) is 65.6 Å². The van der Waals surface area contributed by atoms with Gasteiger partial charge in [0.2, 0.25) is 5.91 Å². The molecule has 39 heavy (non-hydrogen) atoms. The monoisotopic (exact) mass is 540 g/mol. The Balaban J connectivity index is 1.11. The lowest BCUT2D eigenvalue weighted by Crippen LogP contribution is -2.56. The number of likely N-dealkylation sites (tertiary alicyclic amines) is 1. The van der Waals surface area contributed by atoms with Crippen molar-refractivity contribution in [1.82, 2.24) is 25.1 Å². The van der Waals surface area contributed by atoms with Crippen LogP contribution in [0.2, 0.25) is 0 Å². The first-order chi connectivity index (χ1) is 18.7. The van der Waals surface area contributed by atoms with Crippen LogP contribution >= 0.6 is 0 Å². The minimum atomic E-state index is -3.19. The van der Waals surface area contributed by atoms with E-state index in [0.717, 1.165) is 38.7 Å². The Morgan fingerprint density at radius 3 is 2.67 bits per heavy atom. The largest absolute Gasteiger partial charge is 0.390 e. The molecule has 1 unspecified atom stereocenters. The molecule has 0 spiro atoms. The number of halogens is 2. The lowest BCUT2D eigenvalue weighted by molar-refractivity contribution is -0.139. The summed E-state index contributed by atoms with van der Waals surface area (Å²) in [5.41, 5.74) is 2.98. The first kappa shape index (κ1) is 27.1. The van der Waals surface area contributed by atoms with Crippen LogP contribution in [0.4, 0.5) is 14.6 Å². The molecule has 1 aliphatic carbocycles. The minimum absolute atomic E-state index is 0.00302. The maximum absolute atomic E-state index is 14.9. The third kappa shape index (κ3) is 6.59. The highest BCUT2D eigenvalue weighted by molar-refractivity contribution is 5.94. The van der Waals surface area contributed by atoms with Crippen molar-refractivity contribution in [2.24, 2.45) is 5.92 Å². The fraction of sp³-hybridized carbons (Fsp3) is 0.500. The summed E-state index contributed by atoms with van der Waals surface area (Å²) >= 11 is 0. The van der Waals surface area contributed by atoms with Crippen LogP contribution in [-0.2, 0) is 17.8 Å². The summed E-state index contributed by atoms with van der Waals surface area (Å²) in [5.74, 6) is -3.91. The molecule has 2 amide bonds. The molecule has 1 aromatic carbocycles. The van der Waals surface area contributed by atoms with Gasteiger partial charge in [-0.1, -0.05) is 30.8 Å². The molecule has 2 aromatic rings. The molecule has 1 aromatic heterocycles. The van der Waals surface area contributed by atoms with Crippen molar-refractivity contribution in [2.75, 3.05) is 38.0 Å². The van der Waals surface area contributed by atoms with E-state index in [4.69, 9.17) is 0 Å². The zero-order chi connectivity index (χ0) is 27.6. The van der Waals surface area contributed by atoms with Gasteiger partial charge in [0.1, 0.15) is 17.8 Å². The van der Waals surface area contributed by atoms with Gasteiger partial charge < -0.3 is 20.6 Å². The SMILES string of the molecule is C=C(C(=O)N1CCC(Nc2cc(C(=O)NC[C@H](O)CN3CCc4ccccc4C3)ncn2)C(F)(F)C1)C1CC1. The van der Waals surface area contributed by atoms with Crippen LogP contribution in [0.1, 0.15) is 40.9 Å². The van der Waals surface area contributed by atoms with Gasteiger partial charge in [-0.05, 0) is 42.7 Å². The van der Waals surface area contributed by atoms with Crippen LogP contribution in [0.3, 0.4) is 0 Å². The van der Waals surface area contributed by atoms with Crippen molar-refractivity contribution in [3.8, 4) is 0 Å². The number of carbonyl (C=O) groups excluding carboxylic acids is 2. The van der Waals surface area contributed by atoms with Gasteiger partial charge in [-0.25, -0.2) is 18.7 Å². The zero-order valence-corrected chi connectivity index (χ0v) is 21.8. The van der Waals surface area contributed by atoms with Crippen LogP contribution in [-0.4, -0.2) is 87.5 Å². The molecular weight excluding hydrogens is 506 g/mol. The number of aromatic nitrogens is 2. The highest BCUT2D eigenvalue weighted by Crippen LogP contribution is 2.38. The lowest BCUT2D eigenvalue weighted by atomic mass is 9.99. The molecular formula is C28H34F2N6O3. The van der Waals surface area contributed by atoms with Crippen molar-refractivity contribution in [1.29, 1.82) is 0 Å². The van der Waals surface area contributed by atoms with Gasteiger partial charge >= 0.3 is 0 Å². The number of aliphatic hydroxyl groups excluding tert-OH is 1. The van der Waals surface area contributed by atoms with Gasteiger partial charge in [0.15, 0.2) is 0 Å². The number of hydrogen-bond donors (Lipinski definition) is 3. The molecule has 5 rings (SSSR count). The third-order valence-electron chi connectivity index (χ3n) is 7.63. The molecule has 208 valence electrons. The Kier molecular flexibility index (Phi) is 7.90. The van der Waals surface area contributed by atoms with Crippen LogP contribution in [0.5, 0.6) is 0 Å². The maximum Gasteiger partial charge on any atom is 0.285 e. The predicted octanol–water partition coefficient (Wildman–Crippen LogP) is 2.24. The first-order valence-corrected chi connectivity index (χ1v) is 13.4. The summed E-state index contributed by atoms with van der Waals surface area (Å²) in [6.45, 7) is 5.28. The standard InChI is InChI=1S/C28H34F2N6O3/c1-18(19-6-7-19)27(39)36-11-9-24(28(29,30)16-36)34-25-12-23(32-17-33-25)26(38)31-13-22(37)15-35-10-8-20-4-2-3-5-21(20)14-35/h2-5,12,17,19,22,24,37H,1,6-11,13-16H2,(H,31,38)(H,32,33,34)/t22-,24?/m0/s1. The number of nitrogens with zero attached hydrogens (tertiary/aromatic N) is 4. The summed E-state index contributed by atoms with van der Waals surface area (Å²) in [7, 11) is 0. The summed E-state index contributed by atoms with van der Waals surface area (Å²) in [6, 6.07) is 8.29. The Hall–Kier alpha value is -3.44. The average Bonchev–Trinajstić information content (AvgIpc) is 3.78. The smallest absolute Gasteiger partial charge is 0.285 e. The van der Waals surface area contributed by atoms with Gasteiger partial charge in [0, 0.05) is 44.4 Å². The van der Waals surface area contributed by atoms with E-state index in [2.05, 4.69) is 44.2 Å². The number of alkyl halides is 2. The molecule has 3 aliphatic rings. The quantitative estimate of drug-likeness (QED) is 0.419. The summed E-state index contributed by atoms with van der Waals surface area (Å²) < 4.78 is 29.9. The van der Waals surface area contributed by atoms with Gasteiger partial charge in [0.25, 0.3) is 11.8 Å². The molecule has 2 atom stereocenters. The third-order valence-corrected chi connectivity index (χ3v) is 7.63. The highest BCUT2D eigenvalue weighted by atomic mass is 19.3. The normalized spacial score (nSPS) is 21.5. The second-order valence-corrected chi connectivity index (χ2v) is 10.7. The Morgan fingerprint density at radius 1 is 1.15 bits per heavy atom. The van der Waals surface area contributed by atoms with Crippen molar-refractivity contribution >= 4 is 17.6 Å². The first-order valence-electron chi connectivity index (χ1n) is 13.4. The highest BCUT2D eigenvalue weighted by Gasteiger charge is 2.47. The predicted molar refractivity (Wildman–Crippen MR) is 141 cm³/mol. The second kappa shape index (κ2) is 11.4. The number of amides is 2. The van der Waals surface area contributed by atoms with E-state index in [1.807, 2.05) is 12.1 Å². The number of anilines is 1. The number of carbonyl (C=O) groups is 2. The van der Waals surface area contributed by atoms with E-state index in [9.17, 15) is 23.5 Å². The lowest BCUT2D eigenvalue weighted by Gasteiger charge is -2.39. The van der Waals surface area contributed by atoms with Crippen LogP contribution in [0.25, 0.3) is 0 Å². The summed E-state index contributed by atoms with van der Waals surface area (Å²) in [5, 5.41) is 15.9. The van der Waals surface area contributed by atoms with Crippen LogP contribution in [0, 0.1) is 5.92 Å². The molecule has 0 bridgehead atoms. The summed E-state index contributed by atoms with van der Waals surface area (Å²) in [4.78, 5) is 36.5. The van der Waals surface area contributed by atoms with Crippen LogP contribution < -0.4 is 10.6 Å². The molecule has 3 heterocycles. The molecule has 1 saturated heterocycles. The fourth-order valence-corrected chi connectivity index (χ4v) is 5.21. The summed E-state index contributed by atoms with van der Waals surface area (Å²) in [6.07, 6.45) is 3.06. The van der Waals surface area contributed by atoms with Crippen molar-refractivity contribution in [3.63, 3.8) is 0 Å². The molecule has 2 fully saturated rings. The number of aliphatic hydroxyl groups is 1. The van der Waals surface area contributed by atoms with E-state index in [-0.39, 0.29) is 36.9 Å². The molecule has 9 nitrogen and oxygen atoms in total. The van der Waals surface area contributed by atoms with Gasteiger partial charge in [-0.15, -0.1) is 0 Å². The van der Waals surface area contributed by atoms with Gasteiger partial charge in [-0.2, -0.15) is 0 Å². The number of hydrogen-bond acceptors (Lipinski definition) is 7. The van der Waals surface area contributed by atoms with Gasteiger partial charge in [0.05, 0.1) is 18.7 Å². The second-order valence-electron chi connectivity index (χ2n) is 10.7. The van der Waals surface area contributed by atoms with E-state index in [1.54, 1.807) is 0 Å². The maximum atomic E-state index is 14.9. The number of nitrogens with one attached hydrogen (secondary N) is 2. The van der Waals surface area contributed by atoms with E-state index < -0.39 is 36.4 Å². The Bertz CT molecular complexity index is 1240. The van der Waals surface area contributed by atoms with Crippen molar-refractivity contribution in [2.45, 2.75) is 50.3 Å². The van der Waals surface area contributed by atoms with E-state index >= 15 is 0 Å². The number of fused-ring (bicyclic) bond motifs is 1. The molecule has 3 N–H and O–H groups in total.